The second-order valence-corrected chi connectivity index (χ2v) is 9.57. The highest BCUT2D eigenvalue weighted by Gasteiger charge is 2.85. The van der Waals surface area contributed by atoms with E-state index >= 15 is 0 Å². The molecule has 0 radical (unpaired) electrons. The number of aliphatic hydroxyl groups excluding tert-OH is 1. The molecule has 0 unspecified atom stereocenters. The monoisotopic (exact) mass is 375 g/mol. The van der Waals surface area contributed by atoms with E-state index in [1.54, 1.807) is 7.05 Å². The number of aliphatic hydroxyl groups is 2. The van der Waals surface area contributed by atoms with Gasteiger partial charge in [0.05, 0.1) is 12.7 Å². The molecular weight excluding hydrogens is 346 g/mol. The fourth-order valence-electron chi connectivity index (χ4n) is 7.42. The molecule has 2 saturated carbocycles. The molecule has 0 bridgehead atoms. The van der Waals surface area contributed by atoms with Crippen molar-refractivity contribution in [2.45, 2.75) is 51.0 Å². The first-order chi connectivity index (χ1) is 12.8. The van der Waals surface area contributed by atoms with E-state index in [0.29, 0.717) is 11.8 Å². The molecular formula is C21H29NO5. The largest absolute Gasteiger partial charge is 0.394 e. The minimum Gasteiger partial charge on any atom is -0.394 e. The van der Waals surface area contributed by atoms with Gasteiger partial charge < -0.3 is 19.8 Å². The summed E-state index contributed by atoms with van der Waals surface area (Å²) in [6.07, 6.45) is 7.15. The molecule has 4 fully saturated rings. The number of carbonyl (C=O) groups is 2. The minimum atomic E-state index is -1.95. The van der Waals surface area contributed by atoms with Crippen LogP contribution >= 0.6 is 0 Å². The summed E-state index contributed by atoms with van der Waals surface area (Å²) in [6, 6.07) is -0.910. The second kappa shape index (κ2) is 5.43. The number of hydrogen-bond donors (Lipinski definition) is 2. The van der Waals surface area contributed by atoms with Crippen molar-refractivity contribution >= 4 is 11.7 Å². The molecule has 5 rings (SSSR count). The van der Waals surface area contributed by atoms with Gasteiger partial charge in [-0.05, 0) is 43.4 Å². The van der Waals surface area contributed by atoms with Crippen molar-refractivity contribution in [1.29, 1.82) is 0 Å². The average Bonchev–Trinajstić information content (AvgIpc) is 3.10. The van der Waals surface area contributed by atoms with E-state index in [-0.39, 0.29) is 35.4 Å². The Morgan fingerprint density at radius 3 is 2.70 bits per heavy atom. The number of likely N-dealkylation sites (tertiary alicyclic amines) is 1. The molecule has 0 aromatic rings. The van der Waals surface area contributed by atoms with E-state index < -0.39 is 30.0 Å². The summed E-state index contributed by atoms with van der Waals surface area (Å²) in [5, 5.41) is 21.4. The number of fused-ring (bicyclic) bond motifs is 4. The number of Topliss-reactive ketones (excluding diaryl/α,β-unsaturated/α-hetero) is 1. The third-order valence-corrected chi connectivity index (χ3v) is 8.47. The van der Waals surface area contributed by atoms with Crippen molar-refractivity contribution in [3.05, 3.63) is 12.2 Å². The topological polar surface area (TPSA) is 87.1 Å². The van der Waals surface area contributed by atoms with Gasteiger partial charge in [0, 0.05) is 18.9 Å². The standard InChI is InChI=1S/C21H29NO5/c1-10-4-6-13-12(8-10)5-7-14-16(13)18(24)20-17(14)11(2)27-21(20,26)15(9-23)22(3)19(20)25/h5,7,10-17,23,26H,4,6,8-9H2,1-3H3/t10-,11-,12-,13-,14-,15+,16+,17+,20+,21+/m0/s1. The highest BCUT2D eigenvalue weighted by molar-refractivity contribution is 6.13. The molecule has 5 aliphatic rings. The van der Waals surface area contributed by atoms with Gasteiger partial charge in [-0.15, -0.1) is 0 Å². The normalized spacial score (nSPS) is 56.1. The number of allylic oxidation sites excluding steroid dienone is 2. The van der Waals surface area contributed by atoms with Crippen LogP contribution in [0.15, 0.2) is 12.2 Å². The lowest BCUT2D eigenvalue weighted by Gasteiger charge is -2.42. The molecule has 27 heavy (non-hydrogen) atoms. The Morgan fingerprint density at radius 1 is 1.26 bits per heavy atom. The van der Waals surface area contributed by atoms with Crippen molar-refractivity contribution in [2.24, 2.45) is 40.9 Å². The van der Waals surface area contributed by atoms with Gasteiger partial charge in [-0.1, -0.05) is 25.5 Å². The summed E-state index contributed by atoms with van der Waals surface area (Å²) < 4.78 is 5.93. The van der Waals surface area contributed by atoms with Crippen LogP contribution in [0.3, 0.4) is 0 Å². The van der Waals surface area contributed by atoms with Gasteiger partial charge in [-0.2, -0.15) is 0 Å². The Balaban J connectivity index is 1.66. The molecule has 10 atom stereocenters. The Bertz CT molecular complexity index is 736. The third kappa shape index (κ3) is 1.79. The summed E-state index contributed by atoms with van der Waals surface area (Å²) >= 11 is 0. The van der Waals surface area contributed by atoms with E-state index in [4.69, 9.17) is 4.74 Å². The lowest BCUT2D eigenvalue weighted by Crippen LogP contribution is -2.56. The maximum absolute atomic E-state index is 13.9. The molecule has 148 valence electrons. The Hall–Kier alpha value is -1.24. The molecule has 0 aromatic carbocycles. The van der Waals surface area contributed by atoms with E-state index in [2.05, 4.69) is 19.1 Å². The molecule has 1 amide bonds. The van der Waals surface area contributed by atoms with Gasteiger partial charge in [-0.25, -0.2) is 0 Å². The predicted molar refractivity (Wildman–Crippen MR) is 96.2 cm³/mol. The van der Waals surface area contributed by atoms with E-state index in [1.165, 1.54) is 4.90 Å². The van der Waals surface area contributed by atoms with Crippen molar-refractivity contribution in [2.75, 3.05) is 13.7 Å². The fraction of sp³-hybridized carbons (Fsp3) is 0.810. The lowest BCUT2D eigenvalue weighted by molar-refractivity contribution is -0.239. The molecule has 6 heteroatoms. The smallest absolute Gasteiger partial charge is 0.242 e. The van der Waals surface area contributed by atoms with E-state index in [1.807, 2.05) is 6.92 Å². The molecule has 3 aliphatic carbocycles. The molecule has 1 spiro atoms. The SMILES string of the molecule is C[C@H]1CC[C@@H]2[C@H]3C(=O)[C@]45C(=O)N(C)[C@H](CO)[C@@]4(O)O[C@@H](C)[C@@H]5[C@H]3C=C[C@H]2C1. The maximum atomic E-state index is 13.9. The summed E-state index contributed by atoms with van der Waals surface area (Å²) in [7, 11) is 1.55. The molecule has 6 nitrogen and oxygen atoms in total. The number of rotatable bonds is 1. The summed E-state index contributed by atoms with van der Waals surface area (Å²) in [5.41, 5.74) is -1.58. The van der Waals surface area contributed by atoms with Crippen LogP contribution in [0.5, 0.6) is 0 Å². The van der Waals surface area contributed by atoms with Crippen LogP contribution in [0, 0.1) is 40.9 Å². The number of carbonyl (C=O) groups excluding carboxylic acids is 2. The van der Waals surface area contributed by atoms with Crippen LogP contribution in [-0.2, 0) is 14.3 Å². The van der Waals surface area contributed by atoms with Gasteiger partial charge in [-0.3, -0.25) is 9.59 Å². The molecule has 2 N–H and O–H groups in total. The zero-order valence-corrected chi connectivity index (χ0v) is 16.2. The first kappa shape index (κ1) is 17.8. The Labute approximate surface area is 159 Å². The second-order valence-electron chi connectivity index (χ2n) is 9.57. The van der Waals surface area contributed by atoms with Gasteiger partial charge in [0.1, 0.15) is 6.04 Å². The highest BCUT2D eigenvalue weighted by atomic mass is 16.6. The first-order valence-corrected chi connectivity index (χ1v) is 10.3. The minimum absolute atomic E-state index is 0.0778. The maximum Gasteiger partial charge on any atom is 0.242 e. The van der Waals surface area contributed by atoms with Gasteiger partial charge in [0.15, 0.2) is 11.2 Å². The van der Waals surface area contributed by atoms with Crippen molar-refractivity contribution in [3.63, 3.8) is 0 Å². The lowest BCUT2D eigenvalue weighted by atomic mass is 9.62. The predicted octanol–water partition coefficient (Wildman–Crippen LogP) is 0.966. The zero-order valence-electron chi connectivity index (χ0n) is 16.2. The van der Waals surface area contributed by atoms with Gasteiger partial charge in [0.25, 0.3) is 0 Å². The van der Waals surface area contributed by atoms with Crippen LogP contribution in [-0.4, -0.2) is 58.4 Å². The van der Waals surface area contributed by atoms with Crippen LogP contribution in [0.1, 0.15) is 33.1 Å². The number of likely N-dealkylation sites (N-methyl/N-ethyl adjacent to an activating group) is 1. The summed E-state index contributed by atoms with van der Waals surface area (Å²) in [5.74, 6) is -1.89. The fourth-order valence-corrected chi connectivity index (χ4v) is 7.42. The van der Waals surface area contributed by atoms with Crippen LogP contribution in [0.4, 0.5) is 0 Å². The number of ether oxygens (including phenoxy) is 1. The van der Waals surface area contributed by atoms with Crippen molar-refractivity contribution in [1.82, 2.24) is 4.90 Å². The number of ketones is 1. The van der Waals surface area contributed by atoms with E-state index in [9.17, 15) is 19.8 Å². The quantitative estimate of drug-likeness (QED) is 0.527. The summed E-state index contributed by atoms with van der Waals surface area (Å²) in [4.78, 5) is 28.7. The van der Waals surface area contributed by atoms with Crippen molar-refractivity contribution in [3.8, 4) is 0 Å². The van der Waals surface area contributed by atoms with Crippen LogP contribution in [0.2, 0.25) is 0 Å². The first-order valence-electron chi connectivity index (χ1n) is 10.3. The third-order valence-electron chi connectivity index (χ3n) is 8.47. The zero-order chi connectivity index (χ0) is 19.3. The Morgan fingerprint density at radius 2 is 2.00 bits per heavy atom. The molecule has 2 heterocycles. The van der Waals surface area contributed by atoms with Crippen LogP contribution < -0.4 is 0 Å². The molecule has 2 saturated heterocycles. The summed E-state index contributed by atoms with van der Waals surface area (Å²) in [6.45, 7) is 3.68. The van der Waals surface area contributed by atoms with Gasteiger partial charge >= 0.3 is 0 Å². The molecule has 2 aliphatic heterocycles. The van der Waals surface area contributed by atoms with Crippen molar-refractivity contribution < 1.29 is 24.5 Å². The molecule has 0 aromatic heterocycles. The van der Waals surface area contributed by atoms with Crippen LogP contribution in [0.25, 0.3) is 0 Å². The van der Waals surface area contributed by atoms with Gasteiger partial charge in [0.2, 0.25) is 11.7 Å². The van der Waals surface area contributed by atoms with E-state index in [0.717, 1.165) is 19.3 Å². The number of nitrogens with zero attached hydrogens (tertiary/aromatic N) is 1. The number of amides is 1. The Kier molecular flexibility index (Phi) is 3.58. The number of hydrogen-bond acceptors (Lipinski definition) is 5. The highest BCUT2D eigenvalue weighted by Crippen LogP contribution is 2.68. The average molecular weight is 375 g/mol.